The third-order valence-corrected chi connectivity index (χ3v) is 3.86. The molecule has 1 saturated heterocycles. The molecule has 0 aromatic heterocycles. The van der Waals surface area contributed by atoms with Gasteiger partial charge in [0.2, 0.25) is 11.8 Å². The second-order valence-electron chi connectivity index (χ2n) is 5.59. The van der Waals surface area contributed by atoms with E-state index in [9.17, 15) is 14.0 Å². The van der Waals surface area contributed by atoms with Gasteiger partial charge in [-0.2, -0.15) is 0 Å². The van der Waals surface area contributed by atoms with Gasteiger partial charge in [0.05, 0.1) is 5.69 Å². The molecule has 0 radical (unpaired) electrons. The first-order chi connectivity index (χ1) is 9.88. The molecule has 0 spiro atoms. The van der Waals surface area contributed by atoms with Gasteiger partial charge in [0.15, 0.2) is 0 Å². The molecule has 1 atom stereocenters. The first-order valence-corrected chi connectivity index (χ1v) is 7.73. The number of benzene rings is 1. The second-order valence-corrected chi connectivity index (χ2v) is 6.50. The molecule has 6 heteroatoms. The van der Waals surface area contributed by atoms with Gasteiger partial charge in [-0.15, -0.1) is 0 Å². The summed E-state index contributed by atoms with van der Waals surface area (Å²) in [4.78, 5) is 25.7. The first kappa shape index (κ1) is 15.9. The summed E-state index contributed by atoms with van der Waals surface area (Å²) in [5, 5.41) is 2.73. The maximum Gasteiger partial charge on any atom is 0.249 e. The summed E-state index contributed by atoms with van der Waals surface area (Å²) in [7, 11) is 0. The molecule has 1 heterocycles. The summed E-state index contributed by atoms with van der Waals surface area (Å²) in [5.41, 5.74) is 0.216. The van der Waals surface area contributed by atoms with E-state index < -0.39 is 11.9 Å². The van der Waals surface area contributed by atoms with Crippen molar-refractivity contribution in [3.63, 3.8) is 0 Å². The molecule has 4 nitrogen and oxygen atoms in total. The number of anilines is 1. The number of halogens is 2. The largest absolute Gasteiger partial charge is 0.344 e. The van der Waals surface area contributed by atoms with Crippen LogP contribution in [0.1, 0.15) is 26.7 Å². The fourth-order valence-corrected chi connectivity index (χ4v) is 2.74. The SMILES string of the molecule is CC(C)CC1NC(=O)CCN(c2ccc(Br)cc2F)C1=O. The van der Waals surface area contributed by atoms with Crippen molar-refractivity contribution in [2.24, 2.45) is 5.92 Å². The zero-order chi connectivity index (χ0) is 15.6. The van der Waals surface area contributed by atoms with Crippen LogP contribution in [0.5, 0.6) is 0 Å². The van der Waals surface area contributed by atoms with Crippen LogP contribution in [0.2, 0.25) is 0 Å². The van der Waals surface area contributed by atoms with Crippen LogP contribution in [0.25, 0.3) is 0 Å². The van der Waals surface area contributed by atoms with Crippen LogP contribution in [-0.2, 0) is 9.59 Å². The minimum absolute atomic E-state index is 0.172. The molecule has 114 valence electrons. The van der Waals surface area contributed by atoms with Crippen LogP contribution in [0.4, 0.5) is 10.1 Å². The number of carbonyl (C=O) groups excluding carboxylic acids is 2. The molecular formula is C15H18BrFN2O2. The zero-order valence-corrected chi connectivity index (χ0v) is 13.6. The summed E-state index contributed by atoms with van der Waals surface area (Å²) >= 11 is 3.20. The number of hydrogen-bond donors (Lipinski definition) is 1. The number of rotatable bonds is 3. The van der Waals surface area contributed by atoms with E-state index in [-0.39, 0.29) is 36.4 Å². The summed E-state index contributed by atoms with van der Waals surface area (Å²) in [6.45, 7) is 4.15. The van der Waals surface area contributed by atoms with Gasteiger partial charge >= 0.3 is 0 Å². The third kappa shape index (κ3) is 3.81. The Bertz CT molecular complexity index is 563. The van der Waals surface area contributed by atoms with Crippen molar-refractivity contribution in [1.82, 2.24) is 5.32 Å². The van der Waals surface area contributed by atoms with Crippen molar-refractivity contribution in [3.8, 4) is 0 Å². The van der Waals surface area contributed by atoms with Crippen LogP contribution in [0.15, 0.2) is 22.7 Å². The fourth-order valence-electron chi connectivity index (χ4n) is 2.41. The van der Waals surface area contributed by atoms with E-state index in [1.807, 2.05) is 13.8 Å². The Labute approximate surface area is 131 Å². The van der Waals surface area contributed by atoms with Crippen molar-refractivity contribution in [3.05, 3.63) is 28.5 Å². The fraction of sp³-hybridized carbons (Fsp3) is 0.467. The Morgan fingerprint density at radius 2 is 2.14 bits per heavy atom. The molecule has 0 saturated carbocycles. The standard InChI is InChI=1S/C15H18BrFN2O2/c1-9(2)7-12-15(21)19(6-5-14(20)18-12)13-4-3-10(16)8-11(13)17/h3-4,8-9,12H,5-7H2,1-2H3,(H,18,20). The van der Waals surface area contributed by atoms with Crippen molar-refractivity contribution >= 4 is 33.4 Å². The van der Waals surface area contributed by atoms with E-state index in [4.69, 9.17) is 0 Å². The Balaban J connectivity index is 2.32. The van der Waals surface area contributed by atoms with Crippen molar-refractivity contribution in [1.29, 1.82) is 0 Å². The maximum atomic E-state index is 14.1. The minimum atomic E-state index is -0.594. The molecular weight excluding hydrogens is 339 g/mol. The Hall–Kier alpha value is -1.43. The van der Waals surface area contributed by atoms with Gasteiger partial charge in [0.1, 0.15) is 11.9 Å². The summed E-state index contributed by atoms with van der Waals surface area (Å²) in [6.07, 6.45) is 0.717. The predicted molar refractivity (Wildman–Crippen MR) is 82.5 cm³/mol. The normalized spacial score (nSPS) is 19.7. The van der Waals surface area contributed by atoms with Crippen LogP contribution in [0, 0.1) is 11.7 Å². The van der Waals surface area contributed by atoms with E-state index in [2.05, 4.69) is 21.2 Å². The third-order valence-electron chi connectivity index (χ3n) is 3.37. The molecule has 1 aromatic carbocycles. The van der Waals surface area contributed by atoms with Crippen molar-refractivity contribution < 1.29 is 14.0 Å². The van der Waals surface area contributed by atoms with E-state index in [0.717, 1.165) is 0 Å². The van der Waals surface area contributed by atoms with Crippen molar-refractivity contribution in [2.45, 2.75) is 32.7 Å². The molecule has 1 N–H and O–H groups in total. The number of amides is 2. The summed E-state index contributed by atoms with van der Waals surface area (Å²) in [5.74, 6) is -0.644. The van der Waals surface area contributed by atoms with Gasteiger partial charge in [0, 0.05) is 17.4 Å². The second kappa shape index (κ2) is 6.56. The molecule has 0 aliphatic carbocycles. The number of hydrogen-bond acceptors (Lipinski definition) is 2. The van der Waals surface area contributed by atoms with Crippen LogP contribution < -0.4 is 10.2 Å². The average molecular weight is 357 g/mol. The topological polar surface area (TPSA) is 49.4 Å². The predicted octanol–water partition coefficient (Wildman–Crippen LogP) is 2.86. The van der Waals surface area contributed by atoms with Crippen molar-refractivity contribution in [2.75, 3.05) is 11.4 Å². The molecule has 2 amide bonds. The number of nitrogens with one attached hydrogen (secondary N) is 1. The lowest BCUT2D eigenvalue weighted by molar-refractivity contribution is -0.125. The van der Waals surface area contributed by atoms with E-state index in [0.29, 0.717) is 10.9 Å². The molecule has 1 aliphatic rings. The first-order valence-electron chi connectivity index (χ1n) is 6.94. The summed E-state index contributed by atoms with van der Waals surface area (Å²) in [6, 6.07) is 3.96. The van der Waals surface area contributed by atoms with Crippen LogP contribution >= 0.6 is 15.9 Å². The highest BCUT2D eigenvalue weighted by molar-refractivity contribution is 9.10. The Morgan fingerprint density at radius 3 is 2.76 bits per heavy atom. The van der Waals surface area contributed by atoms with E-state index in [1.54, 1.807) is 12.1 Å². The van der Waals surface area contributed by atoms with Gasteiger partial charge in [-0.05, 0) is 30.5 Å². The van der Waals surface area contributed by atoms with Gasteiger partial charge in [-0.25, -0.2) is 4.39 Å². The lowest BCUT2D eigenvalue weighted by atomic mass is 10.0. The lowest BCUT2D eigenvalue weighted by Crippen LogP contribution is -2.45. The zero-order valence-electron chi connectivity index (χ0n) is 12.0. The minimum Gasteiger partial charge on any atom is -0.344 e. The van der Waals surface area contributed by atoms with E-state index in [1.165, 1.54) is 11.0 Å². The molecule has 1 aliphatic heterocycles. The molecule has 21 heavy (non-hydrogen) atoms. The van der Waals surface area contributed by atoms with Crippen LogP contribution in [-0.4, -0.2) is 24.4 Å². The molecule has 1 unspecified atom stereocenters. The quantitative estimate of drug-likeness (QED) is 0.905. The Kier molecular flexibility index (Phi) is 4.98. The van der Waals surface area contributed by atoms with Gasteiger partial charge < -0.3 is 10.2 Å². The monoisotopic (exact) mass is 356 g/mol. The highest BCUT2D eigenvalue weighted by Gasteiger charge is 2.32. The smallest absolute Gasteiger partial charge is 0.249 e. The van der Waals surface area contributed by atoms with Gasteiger partial charge in [0.25, 0.3) is 0 Å². The lowest BCUT2D eigenvalue weighted by Gasteiger charge is -2.25. The molecule has 1 fully saturated rings. The van der Waals surface area contributed by atoms with Gasteiger partial charge in [-0.1, -0.05) is 29.8 Å². The van der Waals surface area contributed by atoms with Gasteiger partial charge in [-0.3, -0.25) is 9.59 Å². The average Bonchev–Trinajstić information content (AvgIpc) is 2.51. The number of carbonyl (C=O) groups is 2. The van der Waals surface area contributed by atoms with Crippen LogP contribution in [0.3, 0.4) is 0 Å². The molecule has 1 aromatic rings. The Morgan fingerprint density at radius 1 is 1.43 bits per heavy atom. The highest BCUT2D eigenvalue weighted by Crippen LogP contribution is 2.25. The summed E-state index contributed by atoms with van der Waals surface area (Å²) < 4.78 is 14.7. The maximum absolute atomic E-state index is 14.1. The van der Waals surface area contributed by atoms with E-state index >= 15 is 0 Å². The number of nitrogens with zero attached hydrogens (tertiary/aromatic N) is 1. The molecule has 2 rings (SSSR count). The molecule has 0 bridgehead atoms. The highest BCUT2D eigenvalue weighted by atomic mass is 79.9.